The first kappa shape index (κ1) is 24.6. The van der Waals surface area contributed by atoms with Crippen molar-refractivity contribution in [1.82, 2.24) is 4.90 Å². The molecule has 0 saturated heterocycles. The van der Waals surface area contributed by atoms with Crippen LogP contribution in [0.2, 0.25) is 0 Å². The molecule has 3 atom stereocenters. The van der Waals surface area contributed by atoms with Gasteiger partial charge in [-0.25, -0.2) is 0 Å². The lowest BCUT2D eigenvalue weighted by molar-refractivity contribution is -0.137. The zero-order chi connectivity index (χ0) is 23.4. The number of nitrogens with zero attached hydrogens (tertiary/aromatic N) is 1. The zero-order valence-electron chi connectivity index (χ0n) is 19.8. The van der Waals surface area contributed by atoms with Gasteiger partial charge in [-0.2, -0.15) is 13.2 Å². The quantitative estimate of drug-likeness (QED) is 0.394. The van der Waals surface area contributed by atoms with Crippen LogP contribution < -0.4 is 0 Å². The summed E-state index contributed by atoms with van der Waals surface area (Å²) < 4.78 is 39.5. The van der Waals surface area contributed by atoms with Crippen LogP contribution in [0.5, 0.6) is 0 Å². The van der Waals surface area contributed by atoms with Gasteiger partial charge in [-0.15, -0.1) is 0 Å². The van der Waals surface area contributed by atoms with Crippen LogP contribution >= 0.6 is 0 Å². The maximum Gasteiger partial charge on any atom is 0.416 e. The van der Waals surface area contributed by atoms with Gasteiger partial charge in [0.2, 0.25) is 0 Å². The molecule has 5 heteroatoms. The highest BCUT2D eigenvalue weighted by molar-refractivity contribution is 5.29. The van der Waals surface area contributed by atoms with Crippen molar-refractivity contribution in [2.75, 3.05) is 13.1 Å². The van der Waals surface area contributed by atoms with Crippen molar-refractivity contribution in [3.63, 3.8) is 0 Å². The lowest BCUT2D eigenvalue weighted by Crippen LogP contribution is -2.46. The van der Waals surface area contributed by atoms with Crippen LogP contribution in [-0.4, -0.2) is 29.1 Å². The number of alkyl halides is 3. The summed E-state index contributed by atoms with van der Waals surface area (Å²) in [6.07, 6.45) is 9.84. The SMILES string of the molecule is C=C(O)C[C@@H]1CC[C@@H](N(CC2CCCC2)CC2CCCC2)[C@H](c2ccc(C(F)(F)F)cc2)C1. The van der Waals surface area contributed by atoms with Gasteiger partial charge in [-0.3, -0.25) is 4.90 Å². The van der Waals surface area contributed by atoms with Crippen molar-refractivity contribution < 1.29 is 18.3 Å². The van der Waals surface area contributed by atoms with Gasteiger partial charge in [0, 0.05) is 25.6 Å². The van der Waals surface area contributed by atoms with Gasteiger partial charge >= 0.3 is 6.18 Å². The minimum absolute atomic E-state index is 0.202. The normalized spacial score (nSPS) is 27.5. The minimum Gasteiger partial charge on any atom is -0.513 e. The Labute approximate surface area is 197 Å². The highest BCUT2D eigenvalue weighted by atomic mass is 19.4. The van der Waals surface area contributed by atoms with E-state index in [-0.39, 0.29) is 11.7 Å². The molecular weight excluding hydrogens is 423 g/mol. The van der Waals surface area contributed by atoms with E-state index in [9.17, 15) is 18.3 Å². The molecule has 0 bridgehead atoms. The fourth-order valence-corrected chi connectivity index (χ4v) is 6.87. The van der Waals surface area contributed by atoms with Gasteiger partial charge in [-0.05, 0) is 86.3 Å². The molecule has 4 rings (SSSR count). The second-order valence-electron chi connectivity index (χ2n) is 11.0. The molecule has 33 heavy (non-hydrogen) atoms. The number of allylic oxidation sites excluding steroid dienone is 1. The molecule has 0 heterocycles. The molecule has 3 aliphatic carbocycles. The van der Waals surface area contributed by atoms with Crippen LogP contribution in [0, 0.1) is 17.8 Å². The van der Waals surface area contributed by atoms with Crippen molar-refractivity contribution in [2.24, 2.45) is 17.8 Å². The zero-order valence-corrected chi connectivity index (χ0v) is 19.8. The van der Waals surface area contributed by atoms with E-state index in [1.165, 1.54) is 63.5 Å². The Bertz CT molecular complexity index is 744. The molecule has 0 spiro atoms. The Morgan fingerprint density at radius 3 is 1.88 bits per heavy atom. The number of hydrogen-bond acceptors (Lipinski definition) is 2. The molecule has 3 fully saturated rings. The molecule has 1 aromatic carbocycles. The second-order valence-corrected chi connectivity index (χ2v) is 11.0. The van der Waals surface area contributed by atoms with Gasteiger partial charge in [0.25, 0.3) is 0 Å². The van der Waals surface area contributed by atoms with Crippen molar-refractivity contribution in [3.8, 4) is 0 Å². The summed E-state index contributed by atoms with van der Waals surface area (Å²) in [4.78, 5) is 2.75. The fraction of sp³-hybridized carbons (Fsp3) is 0.714. The van der Waals surface area contributed by atoms with Gasteiger partial charge in [0.05, 0.1) is 11.3 Å². The lowest BCUT2D eigenvalue weighted by Gasteiger charge is -2.45. The van der Waals surface area contributed by atoms with Gasteiger partial charge in [0.1, 0.15) is 0 Å². The molecule has 3 aliphatic rings. The first-order chi connectivity index (χ1) is 15.8. The third-order valence-corrected chi connectivity index (χ3v) is 8.52. The van der Waals surface area contributed by atoms with Crippen molar-refractivity contribution in [1.29, 1.82) is 0 Å². The fourth-order valence-electron chi connectivity index (χ4n) is 6.87. The second kappa shape index (κ2) is 10.8. The van der Waals surface area contributed by atoms with Gasteiger partial charge in [-0.1, -0.05) is 44.4 Å². The molecule has 1 aromatic rings. The molecule has 0 aliphatic heterocycles. The Hall–Kier alpha value is -1.49. The average Bonchev–Trinajstić information content (AvgIpc) is 3.47. The highest BCUT2D eigenvalue weighted by Crippen LogP contribution is 2.43. The van der Waals surface area contributed by atoms with E-state index in [4.69, 9.17) is 0 Å². The smallest absolute Gasteiger partial charge is 0.416 e. The maximum absolute atomic E-state index is 13.2. The van der Waals surface area contributed by atoms with Gasteiger partial charge in [0.15, 0.2) is 0 Å². The van der Waals surface area contributed by atoms with Crippen LogP contribution in [0.4, 0.5) is 13.2 Å². The van der Waals surface area contributed by atoms with Crippen LogP contribution in [-0.2, 0) is 6.18 Å². The standard InChI is InChI=1S/C28H40F3NO/c1-20(33)16-23-10-15-27(26(17-23)24-11-13-25(14-12-24)28(29,30)31)32(18-21-6-2-3-7-21)19-22-8-4-5-9-22/h11-14,21-23,26-27,33H,1-10,15-19H2/t23-,26-,27+/m0/s1. The third kappa shape index (κ3) is 6.55. The van der Waals surface area contributed by atoms with E-state index in [1.807, 2.05) is 0 Å². The van der Waals surface area contributed by atoms with E-state index in [0.29, 0.717) is 18.4 Å². The molecule has 3 saturated carbocycles. The average molecular weight is 464 g/mol. The molecule has 2 nitrogen and oxygen atoms in total. The molecule has 0 aromatic heterocycles. The highest BCUT2D eigenvalue weighted by Gasteiger charge is 2.38. The Morgan fingerprint density at radius 1 is 0.848 bits per heavy atom. The molecular formula is C28H40F3NO. The number of hydrogen-bond donors (Lipinski definition) is 1. The number of benzene rings is 1. The van der Waals surface area contributed by atoms with Crippen LogP contribution in [0.1, 0.15) is 94.1 Å². The topological polar surface area (TPSA) is 23.5 Å². The molecule has 0 amide bonds. The molecule has 1 N–H and O–H groups in total. The maximum atomic E-state index is 13.2. The Balaban J connectivity index is 1.58. The van der Waals surface area contributed by atoms with Crippen molar-refractivity contribution in [3.05, 3.63) is 47.7 Å². The summed E-state index contributed by atoms with van der Waals surface area (Å²) in [5.74, 6) is 2.28. The number of rotatable bonds is 8. The molecule has 0 radical (unpaired) electrons. The van der Waals surface area contributed by atoms with E-state index in [1.54, 1.807) is 12.1 Å². The minimum atomic E-state index is -4.31. The van der Waals surface area contributed by atoms with E-state index < -0.39 is 11.7 Å². The Kier molecular flexibility index (Phi) is 8.09. The predicted molar refractivity (Wildman–Crippen MR) is 127 cm³/mol. The van der Waals surface area contributed by atoms with Crippen LogP contribution in [0.15, 0.2) is 36.6 Å². The van der Waals surface area contributed by atoms with Crippen molar-refractivity contribution >= 4 is 0 Å². The number of halogens is 3. The predicted octanol–water partition coefficient (Wildman–Crippen LogP) is 8.10. The Morgan fingerprint density at radius 2 is 1.39 bits per heavy atom. The first-order valence-electron chi connectivity index (χ1n) is 13.1. The van der Waals surface area contributed by atoms with Crippen molar-refractivity contribution in [2.45, 2.75) is 95.2 Å². The van der Waals surface area contributed by atoms with E-state index in [0.717, 1.165) is 49.8 Å². The van der Waals surface area contributed by atoms with Gasteiger partial charge < -0.3 is 5.11 Å². The summed E-state index contributed by atoms with van der Waals surface area (Å²) in [6, 6.07) is 6.28. The monoisotopic (exact) mass is 463 g/mol. The first-order valence-corrected chi connectivity index (χ1v) is 13.1. The largest absolute Gasteiger partial charge is 0.513 e. The third-order valence-electron chi connectivity index (χ3n) is 8.52. The molecule has 0 unspecified atom stereocenters. The summed E-state index contributed by atoms with van der Waals surface area (Å²) >= 11 is 0. The summed E-state index contributed by atoms with van der Waals surface area (Å²) in [5.41, 5.74) is 0.441. The number of aliphatic hydroxyl groups excluding tert-OH is 1. The molecule has 184 valence electrons. The lowest BCUT2D eigenvalue weighted by atomic mass is 9.72. The summed E-state index contributed by atoms with van der Waals surface area (Å²) in [7, 11) is 0. The summed E-state index contributed by atoms with van der Waals surface area (Å²) in [6.45, 7) is 5.97. The number of aliphatic hydroxyl groups is 1. The summed E-state index contributed by atoms with van der Waals surface area (Å²) in [5, 5.41) is 9.81. The van der Waals surface area contributed by atoms with Crippen LogP contribution in [0.25, 0.3) is 0 Å². The van der Waals surface area contributed by atoms with Crippen LogP contribution in [0.3, 0.4) is 0 Å². The van der Waals surface area contributed by atoms with E-state index in [2.05, 4.69) is 11.5 Å². The van der Waals surface area contributed by atoms with E-state index >= 15 is 0 Å².